The van der Waals surface area contributed by atoms with Crippen molar-refractivity contribution in [2.45, 2.75) is 59.2 Å². The number of hydrogen-bond donors (Lipinski definition) is 1. The molecule has 0 unspecified atom stereocenters. The van der Waals surface area contributed by atoms with E-state index in [2.05, 4.69) is 32.2 Å². The normalized spacial score (nSPS) is 23.1. The third kappa shape index (κ3) is 3.46. The van der Waals surface area contributed by atoms with Gasteiger partial charge < -0.3 is 10.1 Å². The van der Waals surface area contributed by atoms with E-state index in [9.17, 15) is 14.4 Å². The summed E-state index contributed by atoms with van der Waals surface area (Å²) in [6, 6.07) is 1.17. The second-order valence-electron chi connectivity index (χ2n) is 9.47. The molecule has 2 aliphatic rings. The van der Waals surface area contributed by atoms with Gasteiger partial charge in [-0.3, -0.25) is 24.0 Å². The largest absolute Gasteiger partial charge is 0.407 e. The van der Waals surface area contributed by atoms with Crippen molar-refractivity contribution in [3.05, 3.63) is 35.7 Å². The zero-order valence-electron chi connectivity index (χ0n) is 19.5. The zero-order chi connectivity index (χ0) is 24.4. The lowest BCUT2D eigenvalue weighted by molar-refractivity contribution is -0.139. The van der Waals surface area contributed by atoms with Gasteiger partial charge in [0.2, 0.25) is 19.8 Å². The molecule has 10 nitrogen and oxygen atoms in total. The van der Waals surface area contributed by atoms with Crippen LogP contribution >= 0.6 is 0 Å². The van der Waals surface area contributed by atoms with Crippen LogP contribution in [0.2, 0.25) is 0 Å². The number of piperidine rings is 1. The van der Waals surface area contributed by atoms with Gasteiger partial charge in [-0.05, 0) is 38.2 Å². The van der Waals surface area contributed by atoms with Gasteiger partial charge in [-0.1, -0.05) is 6.92 Å². The third-order valence-electron chi connectivity index (χ3n) is 6.96. The molecule has 3 atom stereocenters. The Labute approximate surface area is 197 Å². The quantitative estimate of drug-likeness (QED) is 0.452. The van der Waals surface area contributed by atoms with Crippen LogP contribution in [0.5, 0.6) is 0 Å². The molecule has 0 aromatic carbocycles. The number of carbonyl (C=O) groups is 3. The van der Waals surface area contributed by atoms with Crippen LogP contribution in [0.15, 0.2) is 18.5 Å². The first-order valence-electron chi connectivity index (χ1n) is 11.1. The predicted octanol–water partition coefficient (Wildman–Crippen LogP) is 1.29. The summed E-state index contributed by atoms with van der Waals surface area (Å²) in [4.78, 5) is 52.9. The van der Waals surface area contributed by atoms with Crippen molar-refractivity contribution >= 4 is 36.5 Å². The molecule has 2 amide bonds. The molecular formula is C23H24BN7O3. The molecule has 0 bridgehead atoms. The minimum atomic E-state index is -0.609. The van der Waals surface area contributed by atoms with E-state index in [1.807, 2.05) is 6.92 Å². The molecule has 172 valence electrons. The first-order chi connectivity index (χ1) is 16.1. The Kier molecular flexibility index (Phi) is 5.03. The van der Waals surface area contributed by atoms with Crippen LogP contribution in [0.4, 0.5) is 0 Å². The molecule has 1 saturated heterocycles. The highest BCUT2D eigenvalue weighted by Gasteiger charge is 2.64. The third-order valence-corrected chi connectivity index (χ3v) is 6.96. The van der Waals surface area contributed by atoms with Crippen molar-refractivity contribution in [1.82, 2.24) is 34.9 Å². The molecule has 2 radical (unpaired) electrons. The van der Waals surface area contributed by atoms with Gasteiger partial charge in [0.25, 0.3) is 0 Å². The van der Waals surface area contributed by atoms with Crippen molar-refractivity contribution in [2.24, 2.45) is 5.41 Å². The molecule has 1 aliphatic heterocycles. The maximum Gasteiger partial charge on any atom is 0.245 e. The van der Waals surface area contributed by atoms with Crippen LogP contribution < -0.4 is 5.23 Å². The minimum absolute atomic E-state index is 0.00349. The number of fused-ring (bicyclic) bond motifs is 2. The van der Waals surface area contributed by atoms with Gasteiger partial charge in [-0.25, -0.2) is 9.97 Å². The average molecular weight is 457 g/mol. The van der Waals surface area contributed by atoms with E-state index in [4.69, 9.17) is 7.98 Å². The van der Waals surface area contributed by atoms with E-state index < -0.39 is 6.04 Å². The van der Waals surface area contributed by atoms with Gasteiger partial charge >= 0.3 is 0 Å². The van der Waals surface area contributed by atoms with Crippen LogP contribution in [-0.4, -0.2) is 67.3 Å². The predicted molar refractivity (Wildman–Crippen MR) is 124 cm³/mol. The fourth-order valence-corrected chi connectivity index (χ4v) is 5.11. The van der Waals surface area contributed by atoms with Gasteiger partial charge in [-0.2, -0.15) is 5.10 Å². The Morgan fingerprint density at radius 3 is 2.56 bits per heavy atom. The smallest absolute Gasteiger partial charge is 0.245 e. The Balaban J connectivity index is 1.54. The number of nitrogens with zero attached hydrogens (tertiary/aromatic N) is 6. The zero-order valence-corrected chi connectivity index (χ0v) is 19.5. The molecule has 11 heteroatoms. The molecule has 3 aromatic heterocycles. The highest BCUT2D eigenvalue weighted by Crippen LogP contribution is 2.59. The van der Waals surface area contributed by atoms with Crippen molar-refractivity contribution in [1.29, 1.82) is 0 Å². The van der Waals surface area contributed by atoms with E-state index in [1.54, 1.807) is 30.3 Å². The van der Waals surface area contributed by atoms with E-state index in [-0.39, 0.29) is 41.3 Å². The van der Waals surface area contributed by atoms with Crippen LogP contribution in [0, 0.1) is 19.3 Å². The topological polar surface area (TPSA) is 123 Å². The fraction of sp³-hybridized carbons (Fsp3) is 0.435. The lowest BCUT2D eigenvalue weighted by Gasteiger charge is -2.26. The highest BCUT2D eigenvalue weighted by atomic mass is 16.2. The summed E-state index contributed by atoms with van der Waals surface area (Å²) < 4.78 is 1.52. The van der Waals surface area contributed by atoms with Crippen LogP contribution in [-0.2, 0) is 16.1 Å². The number of ketones is 1. The maximum atomic E-state index is 13.4. The van der Waals surface area contributed by atoms with Crippen molar-refractivity contribution < 1.29 is 14.4 Å². The second kappa shape index (κ2) is 7.71. The number of likely N-dealkylation sites (tertiary alicyclic amines) is 1. The number of nitrogens with one attached hydrogen (secondary N) is 1. The Morgan fingerprint density at radius 2 is 1.91 bits per heavy atom. The first-order valence-corrected chi connectivity index (χ1v) is 11.1. The average Bonchev–Trinajstić information content (AvgIpc) is 3.15. The number of hydrogen-bond acceptors (Lipinski definition) is 7. The van der Waals surface area contributed by atoms with Gasteiger partial charge in [0.05, 0.1) is 16.9 Å². The lowest BCUT2D eigenvalue weighted by Crippen LogP contribution is -2.48. The molecule has 34 heavy (non-hydrogen) atoms. The molecule has 5 rings (SSSR count). The molecule has 0 spiro atoms. The highest BCUT2D eigenvalue weighted by molar-refractivity contribution is 6.15. The summed E-state index contributed by atoms with van der Waals surface area (Å²) in [5.74, 6) is -0.189. The van der Waals surface area contributed by atoms with E-state index >= 15 is 0 Å². The summed E-state index contributed by atoms with van der Waals surface area (Å²) >= 11 is 0. The lowest BCUT2D eigenvalue weighted by atomic mass is 10.0. The molecule has 1 N–H and O–H groups in total. The van der Waals surface area contributed by atoms with Crippen LogP contribution in [0.3, 0.4) is 0 Å². The van der Waals surface area contributed by atoms with Crippen LogP contribution in [0.1, 0.15) is 48.7 Å². The Morgan fingerprint density at radius 1 is 1.21 bits per heavy atom. The van der Waals surface area contributed by atoms with Crippen molar-refractivity contribution in [3.8, 4) is 11.3 Å². The van der Waals surface area contributed by atoms with Crippen molar-refractivity contribution in [2.75, 3.05) is 0 Å². The monoisotopic (exact) mass is 457 g/mol. The summed E-state index contributed by atoms with van der Waals surface area (Å²) in [5.41, 5.74) is 2.76. The standard InChI is InChI=1S/C23H24BN7O3/c1-11-21-15(5-16(27-11)14-8-25-13(3)26-9-14)20(12(2)32)29-30(21)10-19(33)31-17(22(34)28-24)6-23(4)7-18(23)31/h5,8-9,17-18H,6-7,10H2,1-4H3,(H,28,34)/t17-,18+,23-/m0/s1. The summed E-state index contributed by atoms with van der Waals surface area (Å²) in [7, 11) is 5.36. The van der Waals surface area contributed by atoms with Gasteiger partial charge in [0.15, 0.2) is 5.78 Å². The molecule has 1 aliphatic carbocycles. The molecular weight excluding hydrogens is 433 g/mol. The molecule has 1 saturated carbocycles. The molecule has 4 heterocycles. The fourth-order valence-electron chi connectivity index (χ4n) is 5.11. The summed E-state index contributed by atoms with van der Waals surface area (Å²) in [6.07, 6.45) is 4.79. The van der Waals surface area contributed by atoms with Gasteiger partial charge in [0.1, 0.15) is 24.1 Å². The van der Waals surface area contributed by atoms with E-state index in [0.29, 0.717) is 34.5 Å². The number of rotatable bonds is 5. The first kappa shape index (κ1) is 22.2. The van der Waals surface area contributed by atoms with Crippen molar-refractivity contribution in [3.63, 3.8) is 0 Å². The summed E-state index contributed by atoms with van der Waals surface area (Å²) in [6.45, 7) is 7.01. The number of carbonyl (C=O) groups excluding carboxylic acids is 3. The van der Waals surface area contributed by atoms with E-state index in [0.717, 1.165) is 12.0 Å². The summed E-state index contributed by atoms with van der Waals surface area (Å²) in [5, 5.41) is 7.26. The number of Topliss-reactive ketones (excluding diaryl/α,β-unsaturated/α-hetero) is 1. The van der Waals surface area contributed by atoms with Gasteiger partial charge in [-0.15, -0.1) is 0 Å². The number of amides is 2. The number of pyridine rings is 1. The number of aryl methyl sites for hydroxylation is 2. The molecule has 2 fully saturated rings. The SMILES string of the molecule is [B]NC(=O)[C@@H]1C[C@@]2(C)C[C@H]2N1C(=O)Cn1nc(C(C)=O)c2cc(-c3cnc(C)nc3)nc(C)c21. The maximum absolute atomic E-state index is 13.4. The number of aromatic nitrogens is 5. The van der Waals surface area contributed by atoms with Crippen LogP contribution in [0.25, 0.3) is 22.2 Å². The van der Waals surface area contributed by atoms with E-state index in [1.165, 1.54) is 11.6 Å². The minimum Gasteiger partial charge on any atom is -0.407 e. The molecule has 3 aromatic rings. The Hall–Kier alpha value is -3.63. The Bertz CT molecular complexity index is 1350. The second-order valence-corrected chi connectivity index (χ2v) is 9.47. The van der Waals surface area contributed by atoms with Gasteiger partial charge in [0, 0.05) is 36.3 Å².